The van der Waals surface area contributed by atoms with Crippen LogP contribution in [-0.4, -0.2) is 55.4 Å². The maximum absolute atomic E-state index is 13.6. The van der Waals surface area contributed by atoms with E-state index in [9.17, 15) is 23.2 Å². The number of fused-ring (bicyclic) bond motifs is 1. The number of benzene rings is 1. The van der Waals surface area contributed by atoms with Crippen LogP contribution in [0.25, 0.3) is 0 Å². The monoisotopic (exact) mass is 407 g/mol. The number of pyridine rings is 1. The molecule has 29 heavy (non-hydrogen) atoms. The number of aromatic nitrogens is 1. The van der Waals surface area contributed by atoms with Gasteiger partial charge in [-0.15, -0.1) is 0 Å². The van der Waals surface area contributed by atoms with Crippen LogP contribution in [0.15, 0.2) is 35.3 Å². The van der Waals surface area contributed by atoms with Gasteiger partial charge in [0.15, 0.2) is 11.2 Å². The van der Waals surface area contributed by atoms with Gasteiger partial charge in [0.1, 0.15) is 23.7 Å². The van der Waals surface area contributed by atoms with Gasteiger partial charge in [0.05, 0.1) is 12.3 Å². The summed E-state index contributed by atoms with van der Waals surface area (Å²) < 4.78 is 33.0. The molecule has 0 spiro atoms. The summed E-state index contributed by atoms with van der Waals surface area (Å²) in [7, 11) is 3.21. The molecule has 9 nitrogen and oxygen atoms in total. The lowest BCUT2D eigenvalue weighted by Crippen LogP contribution is -2.53. The SMILES string of the molecule is COCCN1CN(C)n2cc(C(=O)NNc3ccc(F)cc3F)c(=O)cc2C1=O. The number of carbonyl (C=O) groups is 2. The smallest absolute Gasteiger partial charge is 0.275 e. The average molecular weight is 407 g/mol. The normalized spacial score (nSPS) is 13.3. The van der Waals surface area contributed by atoms with Crippen molar-refractivity contribution < 1.29 is 23.1 Å². The minimum Gasteiger partial charge on any atom is -0.383 e. The molecule has 0 aliphatic carbocycles. The first-order chi connectivity index (χ1) is 13.8. The minimum absolute atomic E-state index is 0.106. The maximum atomic E-state index is 13.6. The van der Waals surface area contributed by atoms with Crippen LogP contribution in [0.3, 0.4) is 0 Å². The summed E-state index contributed by atoms with van der Waals surface area (Å²) in [5.41, 5.74) is 3.50. The van der Waals surface area contributed by atoms with Crippen LogP contribution in [0, 0.1) is 11.6 Å². The molecule has 0 atom stereocenters. The van der Waals surface area contributed by atoms with Gasteiger partial charge in [0.25, 0.3) is 11.8 Å². The van der Waals surface area contributed by atoms with E-state index in [-0.39, 0.29) is 29.5 Å². The fourth-order valence-electron chi connectivity index (χ4n) is 2.83. The first-order valence-corrected chi connectivity index (χ1v) is 8.59. The Bertz CT molecular complexity index is 1010. The second-order valence-electron chi connectivity index (χ2n) is 6.34. The van der Waals surface area contributed by atoms with E-state index >= 15 is 0 Å². The number of nitrogens with one attached hydrogen (secondary N) is 2. The Morgan fingerprint density at radius 2 is 2.00 bits per heavy atom. The van der Waals surface area contributed by atoms with E-state index in [1.165, 1.54) is 22.9 Å². The second-order valence-corrected chi connectivity index (χ2v) is 6.34. The van der Waals surface area contributed by atoms with Gasteiger partial charge >= 0.3 is 0 Å². The Hall–Kier alpha value is -3.47. The van der Waals surface area contributed by atoms with Gasteiger partial charge < -0.3 is 9.64 Å². The highest BCUT2D eigenvalue weighted by Crippen LogP contribution is 2.14. The first-order valence-electron chi connectivity index (χ1n) is 8.59. The topological polar surface area (TPSA) is 95.9 Å². The highest BCUT2D eigenvalue weighted by molar-refractivity contribution is 5.97. The van der Waals surface area contributed by atoms with Gasteiger partial charge in [-0.05, 0) is 12.1 Å². The van der Waals surface area contributed by atoms with Gasteiger partial charge in [0.2, 0.25) is 0 Å². The molecule has 3 rings (SSSR count). The molecule has 2 N–H and O–H groups in total. The number of hydrazine groups is 1. The van der Waals surface area contributed by atoms with E-state index in [2.05, 4.69) is 10.9 Å². The molecule has 11 heteroatoms. The summed E-state index contributed by atoms with van der Waals surface area (Å²) in [4.78, 5) is 38.9. The van der Waals surface area contributed by atoms with E-state index in [1.807, 2.05) is 0 Å². The fraction of sp³-hybridized carbons (Fsp3) is 0.278. The van der Waals surface area contributed by atoms with Crippen LogP contribution in [0.1, 0.15) is 20.8 Å². The van der Waals surface area contributed by atoms with Crippen molar-refractivity contribution >= 4 is 17.5 Å². The fourth-order valence-corrected chi connectivity index (χ4v) is 2.83. The van der Waals surface area contributed by atoms with E-state index in [4.69, 9.17) is 4.74 Å². The van der Waals surface area contributed by atoms with Crippen LogP contribution >= 0.6 is 0 Å². The van der Waals surface area contributed by atoms with Crippen molar-refractivity contribution in [3.8, 4) is 0 Å². The third-order valence-corrected chi connectivity index (χ3v) is 4.33. The number of hydrogen-bond acceptors (Lipinski definition) is 6. The number of amides is 2. The molecular formula is C18H19F2N5O4. The molecule has 1 aliphatic rings. The van der Waals surface area contributed by atoms with Crippen LogP contribution in [0.4, 0.5) is 14.5 Å². The first kappa shape index (κ1) is 20.3. The summed E-state index contributed by atoms with van der Waals surface area (Å²) >= 11 is 0. The highest BCUT2D eigenvalue weighted by Gasteiger charge is 2.28. The molecule has 2 heterocycles. The molecule has 0 radical (unpaired) electrons. The Morgan fingerprint density at radius 1 is 1.24 bits per heavy atom. The highest BCUT2D eigenvalue weighted by atomic mass is 19.1. The molecule has 1 aromatic heterocycles. The number of nitrogens with zero attached hydrogens (tertiary/aromatic N) is 3. The molecular weight excluding hydrogens is 388 g/mol. The van der Waals surface area contributed by atoms with Gasteiger partial charge in [0, 0.05) is 39.0 Å². The van der Waals surface area contributed by atoms with Crippen molar-refractivity contribution in [1.29, 1.82) is 0 Å². The lowest BCUT2D eigenvalue weighted by Gasteiger charge is -2.37. The molecule has 0 bridgehead atoms. The van der Waals surface area contributed by atoms with E-state index in [1.54, 1.807) is 12.1 Å². The van der Waals surface area contributed by atoms with Crippen molar-refractivity contribution in [3.05, 3.63) is 63.6 Å². The summed E-state index contributed by atoms with van der Waals surface area (Å²) in [6.07, 6.45) is 1.24. The Kier molecular flexibility index (Phi) is 5.78. The van der Waals surface area contributed by atoms with E-state index < -0.39 is 23.0 Å². The maximum Gasteiger partial charge on any atom is 0.275 e. The third-order valence-electron chi connectivity index (χ3n) is 4.33. The van der Waals surface area contributed by atoms with Crippen molar-refractivity contribution in [2.24, 2.45) is 0 Å². The summed E-state index contributed by atoms with van der Waals surface area (Å²) in [6, 6.07) is 3.84. The Balaban J connectivity index is 1.81. The number of hydrogen-bond donors (Lipinski definition) is 2. The zero-order chi connectivity index (χ0) is 21.1. The van der Waals surface area contributed by atoms with E-state index in [0.29, 0.717) is 19.2 Å². The zero-order valence-corrected chi connectivity index (χ0v) is 15.7. The Morgan fingerprint density at radius 3 is 2.69 bits per heavy atom. The zero-order valence-electron chi connectivity index (χ0n) is 15.7. The molecule has 0 saturated heterocycles. The number of methoxy groups -OCH3 is 1. The summed E-state index contributed by atoms with van der Waals surface area (Å²) in [5.74, 6) is -2.87. The van der Waals surface area contributed by atoms with Crippen LogP contribution in [-0.2, 0) is 4.74 Å². The molecule has 0 saturated carbocycles. The number of rotatable bonds is 6. The van der Waals surface area contributed by atoms with Crippen molar-refractivity contribution in [2.45, 2.75) is 0 Å². The molecule has 1 aliphatic heterocycles. The molecule has 154 valence electrons. The molecule has 2 amide bonds. The van der Waals surface area contributed by atoms with Gasteiger partial charge in [-0.25, -0.2) is 8.78 Å². The number of halogens is 2. The van der Waals surface area contributed by atoms with Crippen molar-refractivity contribution in [3.63, 3.8) is 0 Å². The minimum atomic E-state index is -0.908. The average Bonchev–Trinajstić information content (AvgIpc) is 2.68. The molecule has 1 aromatic carbocycles. The summed E-state index contributed by atoms with van der Waals surface area (Å²) in [5, 5.41) is 1.65. The number of ether oxygens (including phenoxy) is 1. The van der Waals surface area contributed by atoms with Gasteiger partial charge in [-0.2, -0.15) is 0 Å². The predicted molar refractivity (Wildman–Crippen MR) is 100 cm³/mol. The van der Waals surface area contributed by atoms with E-state index in [0.717, 1.165) is 18.2 Å². The van der Waals surface area contributed by atoms with Crippen molar-refractivity contribution in [2.75, 3.05) is 44.4 Å². The third kappa shape index (κ3) is 4.19. The van der Waals surface area contributed by atoms with Gasteiger partial charge in [-0.1, -0.05) is 0 Å². The van der Waals surface area contributed by atoms with Crippen LogP contribution < -0.4 is 21.3 Å². The number of anilines is 1. The number of carbonyl (C=O) groups excluding carboxylic acids is 2. The lowest BCUT2D eigenvalue weighted by atomic mass is 10.2. The predicted octanol–water partition coefficient (Wildman–Crippen LogP) is 0.511. The quantitative estimate of drug-likeness (QED) is 0.678. The largest absolute Gasteiger partial charge is 0.383 e. The van der Waals surface area contributed by atoms with Crippen molar-refractivity contribution in [1.82, 2.24) is 15.0 Å². The van der Waals surface area contributed by atoms with Gasteiger partial charge in [-0.3, -0.25) is 34.9 Å². The second kappa shape index (κ2) is 8.27. The van der Waals surface area contributed by atoms with Crippen LogP contribution in [0.2, 0.25) is 0 Å². The molecule has 2 aromatic rings. The van der Waals surface area contributed by atoms with Crippen LogP contribution in [0.5, 0.6) is 0 Å². The molecule has 0 fully saturated rings. The lowest BCUT2D eigenvalue weighted by molar-refractivity contribution is 0.0634. The Labute approximate surface area is 164 Å². The summed E-state index contributed by atoms with van der Waals surface area (Å²) in [6.45, 7) is 0.928. The standard InChI is InChI=1S/C18H19F2N5O4/c1-23-10-24(5-6-29-2)18(28)15-8-16(26)12(9-25(15)23)17(27)22-21-14-4-3-11(19)7-13(14)20/h3-4,7-9,21H,5-6,10H2,1-2H3,(H,22,27). The molecule has 0 unspecified atom stereocenters.